The molecule has 0 radical (unpaired) electrons. The second-order valence-corrected chi connectivity index (χ2v) is 8.13. The molecule has 0 saturated carbocycles. The van der Waals surface area contributed by atoms with Gasteiger partial charge in [-0.1, -0.05) is 18.2 Å². The minimum absolute atomic E-state index is 0.331. The molecule has 0 spiro atoms. The lowest BCUT2D eigenvalue weighted by Gasteiger charge is -2.12. The SMILES string of the molecule is CCNC(=NCC(O)c1cc2ccccc2s1)NCCc1csc(C)n1. The Morgan fingerprint density at radius 3 is 2.88 bits per heavy atom. The highest BCUT2D eigenvalue weighted by Crippen LogP contribution is 2.29. The molecular formula is C19H24N4OS2. The molecule has 1 unspecified atom stereocenters. The van der Waals surface area contributed by atoms with E-state index in [1.54, 1.807) is 22.7 Å². The highest BCUT2D eigenvalue weighted by Gasteiger charge is 2.11. The van der Waals surface area contributed by atoms with Crippen molar-refractivity contribution in [1.29, 1.82) is 0 Å². The number of aliphatic hydroxyl groups excluding tert-OH is 1. The topological polar surface area (TPSA) is 69.5 Å². The Morgan fingerprint density at radius 2 is 2.15 bits per heavy atom. The van der Waals surface area contributed by atoms with Crippen molar-refractivity contribution in [3.8, 4) is 0 Å². The van der Waals surface area contributed by atoms with Crippen LogP contribution in [0.5, 0.6) is 0 Å². The molecule has 5 nitrogen and oxygen atoms in total. The molecule has 1 aromatic carbocycles. The van der Waals surface area contributed by atoms with E-state index in [9.17, 15) is 5.11 Å². The predicted molar refractivity (Wildman–Crippen MR) is 111 cm³/mol. The first kappa shape index (κ1) is 18.8. The number of aryl methyl sites for hydroxylation is 1. The van der Waals surface area contributed by atoms with Crippen LogP contribution in [0.4, 0.5) is 0 Å². The van der Waals surface area contributed by atoms with Gasteiger partial charge in [0.05, 0.1) is 17.2 Å². The molecule has 7 heteroatoms. The number of nitrogens with zero attached hydrogens (tertiary/aromatic N) is 2. The van der Waals surface area contributed by atoms with Crippen molar-refractivity contribution >= 4 is 38.7 Å². The fourth-order valence-corrected chi connectivity index (χ4v) is 4.30. The van der Waals surface area contributed by atoms with Gasteiger partial charge in [-0.15, -0.1) is 22.7 Å². The van der Waals surface area contributed by atoms with E-state index in [-0.39, 0.29) is 0 Å². The van der Waals surface area contributed by atoms with Gasteiger partial charge in [-0.05, 0) is 31.4 Å². The quantitative estimate of drug-likeness (QED) is 0.428. The number of benzene rings is 1. The highest BCUT2D eigenvalue weighted by atomic mass is 32.1. The normalized spacial score (nSPS) is 13.1. The monoisotopic (exact) mass is 388 g/mol. The van der Waals surface area contributed by atoms with Crippen molar-refractivity contribution in [3.05, 3.63) is 51.3 Å². The zero-order valence-electron chi connectivity index (χ0n) is 15.0. The number of fused-ring (bicyclic) bond motifs is 1. The lowest BCUT2D eigenvalue weighted by molar-refractivity contribution is 0.191. The van der Waals surface area contributed by atoms with Gasteiger partial charge in [0.1, 0.15) is 6.10 Å². The number of hydrogen-bond donors (Lipinski definition) is 3. The molecule has 3 rings (SSSR count). The van der Waals surface area contributed by atoms with Crippen LogP contribution < -0.4 is 10.6 Å². The Labute approximate surface area is 161 Å². The molecule has 2 aromatic heterocycles. The van der Waals surface area contributed by atoms with Crippen LogP contribution in [-0.2, 0) is 6.42 Å². The van der Waals surface area contributed by atoms with Gasteiger partial charge in [0.25, 0.3) is 0 Å². The molecule has 1 atom stereocenters. The zero-order valence-corrected chi connectivity index (χ0v) is 16.7. The zero-order chi connectivity index (χ0) is 18.4. The predicted octanol–water partition coefficient (Wildman–Crippen LogP) is 3.50. The van der Waals surface area contributed by atoms with Crippen LogP contribution in [0.2, 0.25) is 0 Å². The third-order valence-electron chi connectivity index (χ3n) is 3.88. The third-order valence-corrected chi connectivity index (χ3v) is 5.92. The van der Waals surface area contributed by atoms with Crippen LogP contribution in [0.15, 0.2) is 40.7 Å². The molecule has 0 aliphatic heterocycles. The number of rotatable bonds is 7. The largest absolute Gasteiger partial charge is 0.386 e. The fraction of sp³-hybridized carbons (Fsp3) is 0.368. The van der Waals surface area contributed by atoms with E-state index in [2.05, 4.69) is 38.1 Å². The maximum absolute atomic E-state index is 10.5. The van der Waals surface area contributed by atoms with Gasteiger partial charge in [0.15, 0.2) is 5.96 Å². The van der Waals surface area contributed by atoms with E-state index in [0.29, 0.717) is 6.54 Å². The first-order valence-electron chi connectivity index (χ1n) is 8.75. The number of aromatic nitrogens is 1. The molecule has 3 N–H and O–H groups in total. The van der Waals surface area contributed by atoms with Gasteiger partial charge < -0.3 is 15.7 Å². The molecule has 2 heterocycles. The van der Waals surface area contributed by atoms with Crippen molar-refractivity contribution in [2.24, 2.45) is 4.99 Å². The molecule has 0 amide bonds. The van der Waals surface area contributed by atoms with Crippen LogP contribution in [0.3, 0.4) is 0 Å². The summed E-state index contributed by atoms with van der Waals surface area (Å²) in [6.45, 7) is 5.92. The van der Waals surface area contributed by atoms with Gasteiger partial charge in [-0.25, -0.2) is 4.98 Å². The van der Waals surface area contributed by atoms with Gasteiger partial charge >= 0.3 is 0 Å². The van der Waals surface area contributed by atoms with Crippen LogP contribution in [-0.4, -0.2) is 35.7 Å². The smallest absolute Gasteiger partial charge is 0.191 e. The molecular weight excluding hydrogens is 364 g/mol. The molecule has 0 bridgehead atoms. The fourth-order valence-electron chi connectivity index (χ4n) is 2.61. The van der Waals surface area contributed by atoms with E-state index < -0.39 is 6.10 Å². The van der Waals surface area contributed by atoms with E-state index in [1.807, 2.05) is 32.0 Å². The average molecular weight is 389 g/mol. The minimum atomic E-state index is -0.593. The second-order valence-electron chi connectivity index (χ2n) is 5.96. The Balaban J connectivity index is 1.56. The second kappa shape index (κ2) is 9.12. The van der Waals surface area contributed by atoms with Crippen LogP contribution in [0.25, 0.3) is 10.1 Å². The van der Waals surface area contributed by atoms with Gasteiger partial charge in [-0.2, -0.15) is 0 Å². The summed E-state index contributed by atoms with van der Waals surface area (Å²) in [5.74, 6) is 0.722. The van der Waals surface area contributed by atoms with Crippen molar-refractivity contribution in [1.82, 2.24) is 15.6 Å². The number of thiazole rings is 1. The van der Waals surface area contributed by atoms with Gasteiger partial charge in [0, 0.05) is 34.5 Å². The van der Waals surface area contributed by atoms with Crippen molar-refractivity contribution in [3.63, 3.8) is 0 Å². The lowest BCUT2D eigenvalue weighted by Crippen LogP contribution is -2.38. The van der Waals surface area contributed by atoms with Crippen LogP contribution >= 0.6 is 22.7 Å². The summed E-state index contributed by atoms with van der Waals surface area (Å²) in [5.41, 5.74) is 1.10. The molecule has 3 aromatic rings. The highest BCUT2D eigenvalue weighted by molar-refractivity contribution is 7.19. The maximum atomic E-state index is 10.5. The molecule has 0 saturated heterocycles. The Kier molecular flexibility index (Phi) is 6.60. The van der Waals surface area contributed by atoms with E-state index in [4.69, 9.17) is 0 Å². The number of guanidine groups is 1. The molecule has 0 aliphatic rings. The summed E-state index contributed by atoms with van der Waals surface area (Å²) in [6, 6.07) is 10.2. The standard InChI is InChI=1S/C19H24N4OS2/c1-3-20-19(21-9-8-15-12-25-13(2)23-15)22-11-16(24)18-10-14-6-4-5-7-17(14)26-18/h4-7,10,12,16,24H,3,8-9,11H2,1-2H3,(H2,20,21,22). The summed E-state index contributed by atoms with van der Waals surface area (Å²) in [4.78, 5) is 9.95. The summed E-state index contributed by atoms with van der Waals surface area (Å²) in [6.07, 6.45) is 0.261. The molecule has 26 heavy (non-hydrogen) atoms. The summed E-state index contributed by atoms with van der Waals surface area (Å²) in [5, 5.41) is 21.4. The summed E-state index contributed by atoms with van der Waals surface area (Å²) < 4.78 is 1.19. The Morgan fingerprint density at radius 1 is 1.31 bits per heavy atom. The molecule has 0 fully saturated rings. The Hall–Kier alpha value is -1.96. The number of hydrogen-bond acceptors (Lipinski definition) is 5. The van der Waals surface area contributed by atoms with Crippen molar-refractivity contribution in [2.75, 3.05) is 19.6 Å². The average Bonchev–Trinajstić information content (AvgIpc) is 3.25. The number of aliphatic imine (C=N–C) groups is 1. The molecule has 138 valence electrons. The molecule has 0 aliphatic carbocycles. The van der Waals surface area contributed by atoms with E-state index in [0.717, 1.165) is 41.0 Å². The maximum Gasteiger partial charge on any atom is 0.191 e. The lowest BCUT2D eigenvalue weighted by atomic mass is 10.2. The van der Waals surface area contributed by atoms with Crippen molar-refractivity contribution in [2.45, 2.75) is 26.4 Å². The number of thiophene rings is 1. The number of nitrogens with one attached hydrogen (secondary N) is 2. The summed E-state index contributed by atoms with van der Waals surface area (Å²) >= 11 is 3.29. The number of aliphatic hydroxyl groups is 1. The van der Waals surface area contributed by atoms with Gasteiger partial charge in [-0.3, -0.25) is 4.99 Å². The van der Waals surface area contributed by atoms with E-state index >= 15 is 0 Å². The van der Waals surface area contributed by atoms with Crippen LogP contribution in [0, 0.1) is 6.92 Å². The summed E-state index contributed by atoms with van der Waals surface area (Å²) in [7, 11) is 0. The van der Waals surface area contributed by atoms with Crippen molar-refractivity contribution < 1.29 is 5.11 Å². The Bertz CT molecular complexity index is 838. The minimum Gasteiger partial charge on any atom is -0.386 e. The van der Waals surface area contributed by atoms with Gasteiger partial charge in [0.2, 0.25) is 0 Å². The first-order chi connectivity index (χ1) is 12.7. The third kappa shape index (κ3) is 5.03. The van der Waals surface area contributed by atoms with E-state index in [1.165, 1.54) is 10.1 Å². The first-order valence-corrected chi connectivity index (χ1v) is 10.4. The van der Waals surface area contributed by atoms with Crippen LogP contribution in [0.1, 0.15) is 28.6 Å².